The number of aromatic nitrogens is 3. The van der Waals surface area contributed by atoms with E-state index >= 15 is 0 Å². The maximum absolute atomic E-state index is 4.43. The monoisotopic (exact) mass is 317 g/mol. The Labute approximate surface area is 121 Å². The van der Waals surface area contributed by atoms with Crippen molar-refractivity contribution < 1.29 is 0 Å². The molecule has 2 aromatic rings. The van der Waals surface area contributed by atoms with Crippen LogP contribution in [0, 0.1) is 5.92 Å². The van der Waals surface area contributed by atoms with E-state index in [-0.39, 0.29) is 0 Å². The first-order valence-corrected chi connectivity index (χ1v) is 7.95. The highest BCUT2D eigenvalue weighted by molar-refractivity contribution is 9.08. The molecule has 2 aliphatic carbocycles. The Morgan fingerprint density at radius 3 is 2.89 bits per heavy atom. The Bertz CT molecular complexity index is 634. The van der Waals surface area contributed by atoms with Crippen LogP contribution >= 0.6 is 15.9 Å². The van der Waals surface area contributed by atoms with Crippen LogP contribution in [0.4, 0.5) is 0 Å². The van der Waals surface area contributed by atoms with Crippen molar-refractivity contribution in [3.05, 3.63) is 47.0 Å². The zero-order valence-corrected chi connectivity index (χ0v) is 12.5. The second-order valence-electron chi connectivity index (χ2n) is 5.62. The fourth-order valence-corrected chi connectivity index (χ4v) is 4.19. The van der Waals surface area contributed by atoms with Gasteiger partial charge < -0.3 is 4.57 Å². The van der Waals surface area contributed by atoms with Crippen LogP contribution in [0.25, 0.3) is 0 Å². The summed E-state index contributed by atoms with van der Waals surface area (Å²) in [5.74, 6) is 4.22. The van der Waals surface area contributed by atoms with Crippen molar-refractivity contribution in [3.8, 4) is 0 Å². The standard InChI is InChI=1S/C15H16BrN3/c1-19-12(8-16)17-18-15(19)14-11-7-6-9-4-2-3-5-10(9)13(11)14/h2-5,11,13-14H,6-8H2,1H3. The molecule has 98 valence electrons. The lowest BCUT2D eigenvalue weighted by molar-refractivity contribution is 0.647. The van der Waals surface area contributed by atoms with Crippen molar-refractivity contribution in [2.24, 2.45) is 13.0 Å². The minimum absolute atomic E-state index is 0.578. The third-order valence-electron chi connectivity index (χ3n) is 4.75. The molecule has 0 saturated heterocycles. The molecule has 3 atom stereocenters. The van der Waals surface area contributed by atoms with E-state index in [2.05, 4.69) is 62.0 Å². The van der Waals surface area contributed by atoms with Crippen LogP contribution in [0.1, 0.15) is 41.0 Å². The molecule has 4 rings (SSSR count). The Hall–Kier alpha value is -1.16. The molecule has 0 amide bonds. The predicted molar refractivity (Wildman–Crippen MR) is 77.4 cm³/mol. The summed E-state index contributed by atoms with van der Waals surface area (Å²) in [6.45, 7) is 0. The lowest BCUT2D eigenvalue weighted by Crippen LogP contribution is -2.00. The van der Waals surface area contributed by atoms with E-state index in [0.717, 1.165) is 17.1 Å². The lowest BCUT2D eigenvalue weighted by Gasteiger charge is -2.13. The Kier molecular flexibility index (Phi) is 2.56. The molecule has 4 heteroatoms. The van der Waals surface area contributed by atoms with Gasteiger partial charge in [-0.2, -0.15) is 0 Å². The zero-order chi connectivity index (χ0) is 13.0. The molecule has 1 aromatic heterocycles. The average Bonchev–Trinajstić information content (AvgIpc) is 3.07. The summed E-state index contributed by atoms with van der Waals surface area (Å²) < 4.78 is 2.17. The van der Waals surface area contributed by atoms with Gasteiger partial charge in [0.1, 0.15) is 11.6 Å². The minimum Gasteiger partial charge on any atom is -0.317 e. The average molecular weight is 318 g/mol. The molecule has 2 aliphatic rings. The maximum Gasteiger partial charge on any atom is 0.143 e. The quantitative estimate of drug-likeness (QED) is 0.797. The molecule has 0 bridgehead atoms. The van der Waals surface area contributed by atoms with Gasteiger partial charge in [-0.1, -0.05) is 40.2 Å². The molecule has 0 aliphatic heterocycles. The molecule has 1 aromatic carbocycles. The summed E-state index contributed by atoms with van der Waals surface area (Å²) in [6.07, 6.45) is 2.51. The first kappa shape index (κ1) is 11.6. The van der Waals surface area contributed by atoms with E-state index in [1.54, 1.807) is 5.56 Å². The molecular formula is C15H16BrN3. The van der Waals surface area contributed by atoms with Gasteiger partial charge in [0.25, 0.3) is 0 Å². The fraction of sp³-hybridized carbons (Fsp3) is 0.467. The van der Waals surface area contributed by atoms with Crippen LogP contribution in [-0.4, -0.2) is 14.8 Å². The van der Waals surface area contributed by atoms with E-state index in [1.807, 2.05) is 0 Å². The van der Waals surface area contributed by atoms with E-state index in [1.165, 1.54) is 24.2 Å². The number of benzene rings is 1. The van der Waals surface area contributed by atoms with Crippen molar-refractivity contribution in [2.45, 2.75) is 30.0 Å². The van der Waals surface area contributed by atoms with Crippen LogP contribution in [0.2, 0.25) is 0 Å². The number of fused-ring (bicyclic) bond motifs is 3. The molecule has 1 saturated carbocycles. The van der Waals surface area contributed by atoms with Gasteiger partial charge in [-0.25, -0.2) is 0 Å². The molecule has 3 unspecified atom stereocenters. The second-order valence-corrected chi connectivity index (χ2v) is 6.18. The zero-order valence-electron chi connectivity index (χ0n) is 10.9. The number of rotatable bonds is 2. The summed E-state index contributed by atoms with van der Waals surface area (Å²) >= 11 is 3.47. The number of nitrogens with zero attached hydrogens (tertiary/aromatic N) is 3. The molecule has 1 fully saturated rings. The van der Waals surface area contributed by atoms with Crippen molar-refractivity contribution in [1.82, 2.24) is 14.8 Å². The SMILES string of the molecule is Cn1c(CBr)nnc1C1C2CCc3ccccc3C21. The highest BCUT2D eigenvalue weighted by atomic mass is 79.9. The van der Waals surface area contributed by atoms with Crippen LogP contribution in [0.15, 0.2) is 24.3 Å². The van der Waals surface area contributed by atoms with Gasteiger partial charge in [0.2, 0.25) is 0 Å². The number of hydrogen-bond acceptors (Lipinski definition) is 2. The molecular weight excluding hydrogens is 302 g/mol. The summed E-state index contributed by atoms with van der Waals surface area (Å²) in [5, 5.41) is 9.48. The molecule has 1 heterocycles. The van der Waals surface area contributed by atoms with Gasteiger partial charge in [-0.3, -0.25) is 0 Å². The number of alkyl halides is 1. The molecule has 0 radical (unpaired) electrons. The van der Waals surface area contributed by atoms with E-state index in [9.17, 15) is 0 Å². The molecule has 19 heavy (non-hydrogen) atoms. The van der Waals surface area contributed by atoms with Crippen LogP contribution in [0.5, 0.6) is 0 Å². The van der Waals surface area contributed by atoms with Crippen molar-refractivity contribution in [1.29, 1.82) is 0 Å². The van der Waals surface area contributed by atoms with Crippen molar-refractivity contribution >= 4 is 15.9 Å². The number of aryl methyl sites for hydroxylation is 1. The Morgan fingerprint density at radius 2 is 2.11 bits per heavy atom. The van der Waals surface area contributed by atoms with Gasteiger partial charge in [-0.05, 0) is 35.8 Å². The lowest BCUT2D eigenvalue weighted by atomic mass is 9.92. The highest BCUT2D eigenvalue weighted by Gasteiger charge is 2.55. The maximum atomic E-state index is 4.43. The molecule has 0 spiro atoms. The van der Waals surface area contributed by atoms with Gasteiger partial charge in [0, 0.05) is 13.0 Å². The summed E-state index contributed by atoms with van der Waals surface area (Å²) in [4.78, 5) is 0. The van der Waals surface area contributed by atoms with Gasteiger partial charge >= 0.3 is 0 Å². The van der Waals surface area contributed by atoms with Crippen molar-refractivity contribution in [2.75, 3.05) is 0 Å². The third-order valence-corrected chi connectivity index (χ3v) is 5.25. The Balaban J connectivity index is 1.72. The Morgan fingerprint density at radius 1 is 1.26 bits per heavy atom. The summed E-state index contributed by atoms with van der Waals surface area (Å²) in [6, 6.07) is 8.90. The summed E-state index contributed by atoms with van der Waals surface area (Å²) in [5.41, 5.74) is 3.08. The largest absolute Gasteiger partial charge is 0.317 e. The van der Waals surface area contributed by atoms with Crippen molar-refractivity contribution in [3.63, 3.8) is 0 Å². The highest BCUT2D eigenvalue weighted by Crippen LogP contribution is 2.64. The normalized spacial score (nSPS) is 27.8. The van der Waals surface area contributed by atoms with E-state index < -0.39 is 0 Å². The molecule has 3 nitrogen and oxygen atoms in total. The second kappa shape index (κ2) is 4.17. The number of halogens is 1. The van der Waals surface area contributed by atoms with E-state index in [0.29, 0.717) is 11.8 Å². The molecule has 0 N–H and O–H groups in total. The van der Waals surface area contributed by atoms with Gasteiger partial charge in [0.05, 0.1) is 5.33 Å². The minimum atomic E-state index is 0.578. The smallest absolute Gasteiger partial charge is 0.143 e. The fourth-order valence-electron chi connectivity index (χ4n) is 3.70. The summed E-state index contributed by atoms with van der Waals surface area (Å²) in [7, 11) is 2.09. The van der Waals surface area contributed by atoms with Gasteiger partial charge in [-0.15, -0.1) is 10.2 Å². The van der Waals surface area contributed by atoms with Gasteiger partial charge in [0.15, 0.2) is 0 Å². The van der Waals surface area contributed by atoms with E-state index in [4.69, 9.17) is 0 Å². The topological polar surface area (TPSA) is 30.7 Å². The first-order chi connectivity index (χ1) is 9.31. The van der Waals surface area contributed by atoms with Crippen LogP contribution in [-0.2, 0) is 18.8 Å². The van der Waals surface area contributed by atoms with Crippen LogP contribution in [0.3, 0.4) is 0 Å². The van der Waals surface area contributed by atoms with Crippen LogP contribution < -0.4 is 0 Å². The first-order valence-electron chi connectivity index (χ1n) is 6.83. The number of hydrogen-bond donors (Lipinski definition) is 0. The predicted octanol–water partition coefficient (Wildman–Crippen LogP) is 3.15. The third kappa shape index (κ3) is 1.62.